The molecule has 13 aromatic rings. The highest BCUT2D eigenvalue weighted by Crippen LogP contribution is 2.43. The second-order valence-corrected chi connectivity index (χ2v) is 21.0. The fourth-order valence-corrected chi connectivity index (χ4v) is 11.5. The van der Waals surface area contributed by atoms with Gasteiger partial charge in [-0.15, -0.1) is 0 Å². The van der Waals surface area contributed by atoms with E-state index in [1.165, 1.54) is 21.5 Å². The number of hydrogen-bond acceptors (Lipinski definition) is 4. The van der Waals surface area contributed by atoms with Crippen molar-refractivity contribution in [2.75, 3.05) is 26.1 Å². The van der Waals surface area contributed by atoms with Crippen LogP contribution in [0.5, 0.6) is 0 Å². The predicted molar refractivity (Wildman–Crippen MR) is 364 cm³/mol. The molecular weight excluding hydrogens is 1030 g/mol. The van der Waals surface area contributed by atoms with Gasteiger partial charge < -0.3 is 19.6 Å². The molecule has 4 heteroatoms. The summed E-state index contributed by atoms with van der Waals surface area (Å²) in [4.78, 5) is 9.36. The Balaban J connectivity index is 0.723. The number of allylic oxidation sites excluding steroid dienone is 4. The van der Waals surface area contributed by atoms with Crippen LogP contribution in [0.1, 0.15) is 5.56 Å². The smallest absolute Gasteiger partial charge is 0.0540 e. The number of anilines is 11. The zero-order chi connectivity index (χ0) is 57.2. The maximum absolute atomic E-state index is 4.10. The highest BCUT2D eigenvalue weighted by molar-refractivity contribution is 6.00. The van der Waals surface area contributed by atoms with Crippen LogP contribution in [0.15, 0.2) is 358 Å². The van der Waals surface area contributed by atoms with E-state index in [0.717, 1.165) is 96.0 Å². The van der Waals surface area contributed by atoms with Gasteiger partial charge in [0.2, 0.25) is 0 Å². The first-order valence-corrected chi connectivity index (χ1v) is 29.0. The van der Waals surface area contributed by atoms with Crippen molar-refractivity contribution in [1.82, 2.24) is 0 Å². The molecule has 0 saturated heterocycles. The second kappa shape index (κ2) is 24.9. The van der Waals surface area contributed by atoms with Gasteiger partial charge in [0, 0.05) is 68.5 Å². The average molecular weight is 1090 g/mol. The quantitative estimate of drug-likeness (QED) is 0.0794. The molecule has 0 radical (unpaired) electrons. The maximum atomic E-state index is 4.10. The van der Waals surface area contributed by atoms with Gasteiger partial charge in [0.1, 0.15) is 0 Å². The molecular formula is C81H62N4. The molecule has 406 valence electrons. The number of hydrogen-bond donors (Lipinski definition) is 0. The molecule has 0 fully saturated rings. The highest BCUT2D eigenvalue weighted by atomic mass is 15.2. The average Bonchev–Trinajstić information content (AvgIpc) is 3.61. The lowest BCUT2D eigenvalue weighted by molar-refractivity contribution is 1.10. The Hall–Kier alpha value is -11.2. The van der Waals surface area contributed by atoms with E-state index in [-0.39, 0.29) is 0 Å². The number of para-hydroxylation sites is 4. The summed E-state index contributed by atoms with van der Waals surface area (Å²) in [6.45, 7) is 4.76. The van der Waals surface area contributed by atoms with Crippen LogP contribution in [0.3, 0.4) is 0 Å². The third-order valence-corrected chi connectivity index (χ3v) is 15.7. The molecule has 0 spiro atoms. The van der Waals surface area contributed by atoms with Crippen LogP contribution in [0.25, 0.3) is 49.4 Å². The van der Waals surface area contributed by atoms with Gasteiger partial charge in [-0.2, -0.15) is 0 Å². The van der Waals surface area contributed by atoms with Gasteiger partial charge in [-0.1, -0.05) is 237 Å². The van der Waals surface area contributed by atoms with Crippen LogP contribution in [0.2, 0.25) is 0 Å². The predicted octanol–water partition coefficient (Wildman–Crippen LogP) is 22.7. The first-order valence-electron chi connectivity index (χ1n) is 29.0. The minimum Gasteiger partial charge on any atom is -0.338 e. The molecule has 13 aromatic carbocycles. The van der Waals surface area contributed by atoms with Crippen molar-refractivity contribution in [2.24, 2.45) is 0 Å². The van der Waals surface area contributed by atoms with Crippen molar-refractivity contribution in [3.8, 4) is 22.3 Å². The molecule has 0 unspecified atom stereocenters. The summed E-state index contributed by atoms with van der Waals surface area (Å²) in [7, 11) is 0. The SMILES string of the molecule is C=C/C=C(\C=C/CN(c1ccccc1)c1ccc(-c2ccc(N(c3ccccc3)c3ccc(-c4ccc(N(c5ccccc5)c5cccc6ccccc56)cc4)cc3)cc2)cc1)c1ccc(N(c2ccccc2)c2cccc3ccccc23)cc1. The molecule has 13 rings (SSSR count). The lowest BCUT2D eigenvalue weighted by Gasteiger charge is -2.27. The van der Waals surface area contributed by atoms with E-state index in [1.807, 2.05) is 6.08 Å². The van der Waals surface area contributed by atoms with Gasteiger partial charge in [-0.25, -0.2) is 0 Å². The van der Waals surface area contributed by atoms with Crippen LogP contribution in [-0.4, -0.2) is 6.54 Å². The zero-order valence-corrected chi connectivity index (χ0v) is 47.2. The van der Waals surface area contributed by atoms with Gasteiger partial charge in [0.15, 0.2) is 0 Å². The van der Waals surface area contributed by atoms with Crippen molar-refractivity contribution in [3.63, 3.8) is 0 Å². The number of fused-ring (bicyclic) bond motifs is 2. The van der Waals surface area contributed by atoms with E-state index in [0.29, 0.717) is 6.54 Å². The lowest BCUT2D eigenvalue weighted by atomic mass is 10.0. The molecule has 0 aliphatic rings. The van der Waals surface area contributed by atoms with Gasteiger partial charge in [0.05, 0.1) is 11.4 Å². The molecule has 0 aliphatic carbocycles. The van der Waals surface area contributed by atoms with Gasteiger partial charge in [0.25, 0.3) is 0 Å². The van der Waals surface area contributed by atoms with Crippen LogP contribution in [0, 0.1) is 0 Å². The van der Waals surface area contributed by atoms with Crippen LogP contribution >= 0.6 is 0 Å². The maximum Gasteiger partial charge on any atom is 0.0540 e. The summed E-state index contributed by atoms with van der Waals surface area (Å²) >= 11 is 0. The Morgan fingerprint density at radius 1 is 0.282 bits per heavy atom. The Bertz CT molecular complexity index is 4400. The fraction of sp³-hybridized carbons (Fsp3) is 0.0123. The van der Waals surface area contributed by atoms with Gasteiger partial charge in [-0.05, 0) is 165 Å². The monoisotopic (exact) mass is 1090 g/mol. The van der Waals surface area contributed by atoms with Crippen LogP contribution < -0.4 is 19.6 Å². The summed E-state index contributed by atoms with van der Waals surface area (Å²) in [6.07, 6.45) is 8.40. The van der Waals surface area contributed by atoms with Crippen molar-refractivity contribution >= 4 is 89.7 Å². The molecule has 4 nitrogen and oxygen atoms in total. The van der Waals surface area contributed by atoms with E-state index in [4.69, 9.17) is 0 Å². The number of nitrogens with zero attached hydrogens (tertiary/aromatic N) is 4. The molecule has 0 aliphatic heterocycles. The molecule has 0 bridgehead atoms. The zero-order valence-electron chi connectivity index (χ0n) is 47.2. The van der Waals surface area contributed by atoms with Gasteiger partial charge in [-0.3, -0.25) is 0 Å². The fourth-order valence-electron chi connectivity index (χ4n) is 11.5. The summed E-state index contributed by atoms with van der Waals surface area (Å²) < 4.78 is 0. The number of rotatable bonds is 18. The van der Waals surface area contributed by atoms with Crippen molar-refractivity contribution < 1.29 is 0 Å². The Morgan fingerprint density at radius 2 is 0.588 bits per heavy atom. The molecule has 0 heterocycles. The topological polar surface area (TPSA) is 13.0 Å². The van der Waals surface area contributed by atoms with E-state index in [2.05, 4.69) is 372 Å². The van der Waals surface area contributed by atoms with E-state index < -0.39 is 0 Å². The molecule has 0 atom stereocenters. The first-order chi connectivity index (χ1) is 42.1. The molecule has 0 aromatic heterocycles. The van der Waals surface area contributed by atoms with E-state index >= 15 is 0 Å². The Labute approximate surface area is 499 Å². The second-order valence-electron chi connectivity index (χ2n) is 21.0. The number of benzene rings is 13. The summed E-state index contributed by atoms with van der Waals surface area (Å²) in [5.74, 6) is 0. The first kappa shape index (κ1) is 53.1. The van der Waals surface area contributed by atoms with Crippen molar-refractivity contribution in [2.45, 2.75) is 0 Å². The highest BCUT2D eigenvalue weighted by Gasteiger charge is 2.19. The molecule has 0 amide bonds. The normalized spacial score (nSPS) is 11.4. The molecule has 0 saturated carbocycles. The largest absolute Gasteiger partial charge is 0.338 e. The molecule has 85 heavy (non-hydrogen) atoms. The minimum absolute atomic E-state index is 0.663. The third kappa shape index (κ3) is 11.5. The standard InChI is InChI=1S/C81H62N4/c1-2-22-61(62-46-56-76(57-47-62)84(72-32-11-5-12-33-72)80-38-19-25-67-23-15-17-36-78(67)80)27-21-60-82(69-28-7-3-8-29-69)70-50-40-63(41-51-70)64-42-52-74(53-43-64)83(71-30-9-4-10-31-71)75-54-44-65(45-55-75)66-48-58-77(59-49-66)85(73-34-13-6-14-35-73)81-39-20-26-68-24-16-18-37-79(68)81/h2-59H,1,60H2/b27-21-,61-22+. The van der Waals surface area contributed by atoms with Crippen LogP contribution in [0.4, 0.5) is 62.6 Å². The molecule has 0 N–H and O–H groups in total. The third-order valence-electron chi connectivity index (χ3n) is 15.7. The summed E-state index contributed by atoms with van der Waals surface area (Å²) in [5, 5.41) is 4.84. The van der Waals surface area contributed by atoms with E-state index in [1.54, 1.807) is 0 Å². The van der Waals surface area contributed by atoms with Crippen molar-refractivity contribution in [3.05, 3.63) is 364 Å². The lowest BCUT2D eigenvalue weighted by Crippen LogP contribution is -2.16. The van der Waals surface area contributed by atoms with Gasteiger partial charge >= 0.3 is 0 Å². The van der Waals surface area contributed by atoms with Crippen molar-refractivity contribution in [1.29, 1.82) is 0 Å². The minimum atomic E-state index is 0.663. The summed E-state index contributed by atoms with van der Waals surface area (Å²) in [6, 6.07) is 117. The summed E-state index contributed by atoms with van der Waals surface area (Å²) in [5.41, 5.74) is 19.0. The Morgan fingerprint density at radius 3 is 1.00 bits per heavy atom. The van der Waals surface area contributed by atoms with E-state index in [9.17, 15) is 0 Å². The Kier molecular flexibility index (Phi) is 15.6. The van der Waals surface area contributed by atoms with Crippen LogP contribution in [-0.2, 0) is 0 Å².